The van der Waals surface area contributed by atoms with Crippen molar-refractivity contribution < 1.29 is 28.4 Å². The number of hydrogen-bond acceptors (Lipinski definition) is 6. The number of nitrogens with one attached hydrogen (secondary N) is 4. The van der Waals surface area contributed by atoms with Gasteiger partial charge >= 0.3 is 13.8 Å². The average molecular weight is 657 g/mol. The van der Waals surface area contributed by atoms with Crippen molar-refractivity contribution in [2.24, 2.45) is 9.98 Å². The summed E-state index contributed by atoms with van der Waals surface area (Å²) >= 11 is 0. The van der Waals surface area contributed by atoms with Gasteiger partial charge in [-0.2, -0.15) is 0 Å². The number of phosphoric ester groups is 1. The van der Waals surface area contributed by atoms with Crippen LogP contribution >= 0.6 is 7.82 Å². The molecule has 0 amide bonds. The molecule has 2 saturated carbocycles. The van der Waals surface area contributed by atoms with Crippen LogP contribution < -0.4 is 21.3 Å². The quantitative estimate of drug-likeness (QED) is 0.0298. The SMILES string of the molecule is C=C(C)C(=O)OCCOP(=O)(O)O.C=CCN=C(NC(C)C)NC(C)C.C=CCN=C(NC1CCCCC1)NC1CCCCC1. The Hall–Kier alpha value is -2.66. The molecule has 0 saturated heterocycles. The van der Waals surface area contributed by atoms with Crippen LogP contribution in [-0.2, 0) is 18.6 Å². The first-order chi connectivity index (χ1) is 21.3. The fourth-order valence-electron chi connectivity index (χ4n) is 4.42. The van der Waals surface area contributed by atoms with Crippen LogP contribution in [0.25, 0.3) is 0 Å². The lowest BCUT2D eigenvalue weighted by Gasteiger charge is -2.29. The molecule has 6 N–H and O–H groups in total. The van der Waals surface area contributed by atoms with E-state index in [9.17, 15) is 9.36 Å². The van der Waals surface area contributed by atoms with E-state index < -0.39 is 13.8 Å². The molecule has 0 bridgehead atoms. The van der Waals surface area contributed by atoms with E-state index in [4.69, 9.17) is 9.79 Å². The number of hydrogen-bond donors (Lipinski definition) is 6. The third kappa shape index (κ3) is 26.3. The Kier molecular flexibility index (Phi) is 24.0. The number of esters is 1. The molecule has 0 atom stereocenters. The maximum absolute atomic E-state index is 10.7. The zero-order chi connectivity index (χ0) is 34.1. The number of aliphatic imine (C=N–C) groups is 2. The van der Waals surface area contributed by atoms with Crippen molar-refractivity contribution in [2.75, 3.05) is 26.3 Å². The normalized spacial score (nSPS) is 15.2. The highest BCUT2D eigenvalue weighted by atomic mass is 31.2. The average Bonchev–Trinajstić information content (AvgIpc) is 2.97. The van der Waals surface area contributed by atoms with Crippen molar-refractivity contribution in [3.05, 3.63) is 37.5 Å². The largest absolute Gasteiger partial charge is 0.469 e. The van der Waals surface area contributed by atoms with Gasteiger partial charge in [0, 0.05) is 29.7 Å². The van der Waals surface area contributed by atoms with Crippen molar-refractivity contribution in [3.8, 4) is 0 Å². The molecule has 260 valence electrons. The topological polar surface area (TPSA) is 166 Å². The minimum atomic E-state index is -4.46. The van der Waals surface area contributed by atoms with E-state index in [1.165, 1.54) is 71.1 Å². The first kappa shape index (κ1) is 42.3. The van der Waals surface area contributed by atoms with Crippen LogP contribution in [0.5, 0.6) is 0 Å². The number of nitrogens with zero attached hydrogens (tertiary/aromatic N) is 2. The van der Waals surface area contributed by atoms with Gasteiger partial charge in [-0.25, -0.2) is 19.3 Å². The van der Waals surface area contributed by atoms with Crippen molar-refractivity contribution in [3.63, 3.8) is 0 Å². The van der Waals surface area contributed by atoms with Gasteiger partial charge in [0.25, 0.3) is 0 Å². The van der Waals surface area contributed by atoms with Gasteiger partial charge < -0.3 is 35.8 Å². The smallest absolute Gasteiger partial charge is 0.460 e. The van der Waals surface area contributed by atoms with Gasteiger partial charge in [0.05, 0.1) is 19.7 Å². The molecule has 0 aromatic carbocycles. The standard InChI is InChI=1S/C16H29N3.C10H21N3.C6H11O6P/c1-2-13-17-16(18-14-9-5-3-6-10-14)19-15-11-7-4-8-12-15;1-6-7-11-10(12-8(2)3)13-9(4)5;1-5(2)6(7)11-3-4-12-13(8,9)10/h2,14-15H,1,3-13H2,(H2,17,18,19);6,8-9H,1,7H2,2-5H3,(H2,11,12,13);1,3-4H2,2H3,(H2,8,9,10). The molecule has 2 rings (SSSR count). The number of rotatable bonds is 13. The molecule has 0 aromatic heterocycles. The van der Waals surface area contributed by atoms with Crippen LogP contribution in [0.3, 0.4) is 0 Å². The lowest BCUT2D eigenvalue weighted by molar-refractivity contribution is -0.139. The highest BCUT2D eigenvalue weighted by molar-refractivity contribution is 7.46. The van der Waals surface area contributed by atoms with Crippen LogP contribution in [0.15, 0.2) is 47.4 Å². The van der Waals surface area contributed by atoms with Crippen LogP contribution in [0.2, 0.25) is 0 Å². The Morgan fingerprint density at radius 2 is 1.24 bits per heavy atom. The molecular weight excluding hydrogens is 595 g/mol. The molecule has 0 aliphatic heterocycles. The summed E-state index contributed by atoms with van der Waals surface area (Å²) in [5.74, 6) is 1.25. The third-order valence-corrected chi connectivity index (χ3v) is 6.94. The van der Waals surface area contributed by atoms with E-state index in [0.29, 0.717) is 37.3 Å². The summed E-state index contributed by atoms with van der Waals surface area (Å²) < 4.78 is 18.6. The number of guanidine groups is 2. The molecule has 0 unspecified atom stereocenters. The van der Waals surface area contributed by atoms with E-state index in [1.54, 1.807) is 6.08 Å². The van der Waals surface area contributed by atoms with Gasteiger partial charge in [0.1, 0.15) is 6.61 Å². The molecule has 13 heteroatoms. The summed E-state index contributed by atoms with van der Waals surface area (Å²) in [6.45, 7) is 21.3. The Labute approximate surface area is 272 Å². The predicted octanol–water partition coefficient (Wildman–Crippen LogP) is 5.11. The van der Waals surface area contributed by atoms with E-state index in [1.807, 2.05) is 6.08 Å². The molecule has 0 spiro atoms. The second kappa shape index (κ2) is 25.5. The molecule has 0 heterocycles. The number of carbonyl (C=O) groups excluding carboxylic acids is 1. The fourth-order valence-corrected chi connectivity index (χ4v) is 4.73. The number of ether oxygens (including phenoxy) is 1. The van der Waals surface area contributed by atoms with Crippen molar-refractivity contribution in [1.82, 2.24) is 21.3 Å². The predicted molar refractivity (Wildman–Crippen MR) is 185 cm³/mol. The van der Waals surface area contributed by atoms with E-state index in [-0.39, 0.29) is 18.8 Å². The first-order valence-electron chi connectivity index (χ1n) is 16.2. The summed E-state index contributed by atoms with van der Waals surface area (Å²) in [5, 5.41) is 13.7. The summed E-state index contributed by atoms with van der Waals surface area (Å²) in [5.41, 5.74) is 0.219. The van der Waals surface area contributed by atoms with E-state index in [2.05, 4.69) is 87.9 Å². The van der Waals surface area contributed by atoms with Gasteiger partial charge in [-0.05, 0) is 60.3 Å². The van der Waals surface area contributed by atoms with Gasteiger partial charge in [-0.3, -0.25) is 4.52 Å². The van der Waals surface area contributed by atoms with Crippen molar-refractivity contribution >= 4 is 25.7 Å². The fraction of sp³-hybridized carbons (Fsp3) is 0.719. The van der Waals surface area contributed by atoms with E-state index in [0.717, 1.165) is 11.9 Å². The second-order valence-electron chi connectivity index (χ2n) is 11.8. The zero-order valence-corrected chi connectivity index (χ0v) is 29.2. The van der Waals surface area contributed by atoms with Gasteiger partial charge in [-0.15, -0.1) is 13.2 Å². The zero-order valence-electron chi connectivity index (χ0n) is 28.4. The summed E-state index contributed by atoms with van der Waals surface area (Å²) in [6.07, 6.45) is 17.0. The molecule has 2 aliphatic rings. The van der Waals surface area contributed by atoms with Gasteiger partial charge in [-0.1, -0.05) is 57.3 Å². The third-order valence-electron chi connectivity index (χ3n) is 6.42. The molecule has 45 heavy (non-hydrogen) atoms. The minimum Gasteiger partial charge on any atom is -0.460 e. The second-order valence-corrected chi connectivity index (χ2v) is 13.0. The maximum atomic E-state index is 10.7. The Morgan fingerprint density at radius 3 is 1.60 bits per heavy atom. The van der Waals surface area contributed by atoms with Crippen molar-refractivity contribution in [1.29, 1.82) is 0 Å². The molecular formula is C32H61N6O6P. The van der Waals surface area contributed by atoms with Crippen LogP contribution in [-0.4, -0.2) is 78.1 Å². The minimum absolute atomic E-state index is 0.212. The first-order valence-corrected chi connectivity index (χ1v) is 17.7. The maximum Gasteiger partial charge on any atom is 0.469 e. The van der Waals surface area contributed by atoms with Crippen molar-refractivity contribution in [2.45, 2.75) is 123 Å². The summed E-state index contributed by atoms with van der Waals surface area (Å²) in [6, 6.07) is 2.03. The summed E-state index contributed by atoms with van der Waals surface area (Å²) in [4.78, 5) is 36.0. The van der Waals surface area contributed by atoms with Crippen LogP contribution in [0, 0.1) is 0 Å². The highest BCUT2D eigenvalue weighted by Gasteiger charge is 2.18. The van der Waals surface area contributed by atoms with Gasteiger partial charge in [0.2, 0.25) is 0 Å². The molecule has 0 radical (unpaired) electrons. The van der Waals surface area contributed by atoms with Crippen LogP contribution in [0.4, 0.5) is 0 Å². The van der Waals surface area contributed by atoms with E-state index >= 15 is 0 Å². The molecule has 2 aliphatic carbocycles. The number of carbonyl (C=O) groups is 1. The van der Waals surface area contributed by atoms with Crippen LogP contribution in [0.1, 0.15) is 98.8 Å². The lowest BCUT2D eigenvalue weighted by Crippen LogP contribution is -2.48. The van der Waals surface area contributed by atoms with Gasteiger partial charge in [0.15, 0.2) is 11.9 Å². The highest BCUT2D eigenvalue weighted by Crippen LogP contribution is 2.35. The Bertz CT molecular complexity index is 920. The molecule has 0 aromatic rings. The lowest BCUT2D eigenvalue weighted by atomic mass is 9.95. The Morgan fingerprint density at radius 1 is 0.822 bits per heavy atom. The summed E-state index contributed by atoms with van der Waals surface area (Å²) in [7, 11) is -4.46. The molecule has 12 nitrogen and oxygen atoms in total. The Balaban J connectivity index is 0.000000668. The number of phosphoric acid groups is 1. The molecule has 2 fully saturated rings. The monoisotopic (exact) mass is 656 g/mol.